The lowest BCUT2D eigenvalue weighted by atomic mass is 10.1. The molecule has 5 rings (SSSR count). The molecular weight excluding hydrogens is 484 g/mol. The Morgan fingerprint density at radius 1 is 0.771 bits per heavy atom. The average molecular weight is 507 g/mol. The molecule has 0 radical (unpaired) electrons. The molecule has 0 bridgehead atoms. The Bertz CT molecular complexity index is 1390. The molecular formula is C26H23ClN4O3S. The molecule has 7 nitrogen and oxygen atoms in total. The molecule has 0 aliphatic carbocycles. The van der Waals surface area contributed by atoms with E-state index in [0.29, 0.717) is 37.1 Å². The third kappa shape index (κ3) is 5.30. The SMILES string of the molecule is O=S(=O)(c1ccc(Cl)cc1)N1CCN(c2nccc(-c3ccc(Oc4ccccc4)cc3)n2)CC1. The van der Waals surface area contributed by atoms with Crippen LogP contribution in [0.2, 0.25) is 5.02 Å². The minimum atomic E-state index is -3.57. The van der Waals surface area contributed by atoms with Gasteiger partial charge in [0.25, 0.3) is 0 Å². The summed E-state index contributed by atoms with van der Waals surface area (Å²) in [5, 5.41) is 0.504. The van der Waals surface area contributed by atoms with Crippen molar-refractivity contribution in [3.63, 3.8) is 0 Å². The van der Waals surface area contributed by atoms with E-state index in [1.54, 1.807) is 18.3 Å². The number of benzene rings is 3. The highest BCUT2D eigenvalue weighted by Gasteiger charge is 2.29. The maximum atomic E-state index is 12.9. The van der Waals surface area contributed by atoms with Crippen LogP contribution < -0.4 is 9.64 Å². The molecule has 1 saturated heterocycles. The number of ether oxygens (including phenoxy) is 1. The van der Waals surface area contributed by atoms with Gasteiger partial charge in [-0.05, 0) is 66.7 Å². The number of halogens is 1. The summed E-state index contributed by atoms with van der Waals surface area (Å²) in [6.07, 6.45) is 1.73. The molecule has 1 aromatic heterocycles. The van der Waals surface area contributed by atoms with E-state index in [9.17, 15) is 8.42 Å². The molecule has 2 heterocycles. The molecule has 3 aromatic carbocycles. The van der Waals surface area contributed by atoms with Crippen molar-refractivity contribution in [3.8, 4) is 22.8 Å². The molecule has 4 aromatic rings. The number of piperazine rings is 1. The quantitative estimate of drug-likeness (QED) is 0.362. The summed E-state index contributed by atoms with van der Waals surface area (Å²) in [4.78, 5) is 11.4. The van der Waals surface area contributed by atoms with E-state index in [1.807, 2.05) is 65.6 Å². The lowest BCUT2D eigenvalue weighted by Crippen LogP contribution is -2.49. The van der Waals surface area contributed by atoms with Crippen LogP contribution in [0.1, 0.15) is 0 Å². The van der Waals surface area contributed by atoms with Crippen LogP contribution in [0.4, 0.5) is 5.95 Å². The number of hydrogen-bond donors (Lipinski definition) is 0. The maximum absolute atomic E-state index is 12.9. The maximum Gasteiger partial charge on any atom is 0.243 e. The fourth-order valence-corrected chi connectivity index (χ4v) is 5.41. The van der Waals surface area contributed by atoms with Crippen molar-refractivity contribution in [1.29, 1.82) is 0 Å². The molecule has 9 heteroatoms. The third-order valence-corrected chi connectivity index (χ3v) is 7.91. The van der Waals surface area contributed by atoms with Crippen molar-refractivity contribution in [3.05, 3.63) is 96.1 Å². The van der Waals surface area contributed by atoms with Gasteiger partial charge in [0.1, 0.15) is 11.5 Å². The molecule has 1 aliphatic rings. The van der Waals surface area contributed by atoms with Crippen LogP contribution in [-0.4, -0.2) is 48.9 Å². The van der Waals surface area contributed by atoms with Gasteiger partial charge < -0.3 is 9.64 Å². The third-order valence-electron chi connectivity index (χ3n) is 5.74. The second-order valence-electron chi connectivity index (χ2n) is 8.03. The van der Waals surface area contributed by atoms with Crippen molar-refractivity contribution in [1.82, 2.24) is 14.3 Å². The topological polar surface area (TPSA) is 75.6 Å². The predicted molar refractivity (Wildman–Crippen MR) is 136 cm³/mol. The van der Waals surface area contributed by atoms with Gasteiger partial charge in [-0.3, -0.25) is 0 Å². The van der Waals surface area contributed by atoms with Gasteiger partial charge in [0.05, 0.1) is 10.6 Å². The smallest absolute Gasteiger partial charge is 0.243 e. The Labute approximate surface area is 209 Å². The van der Waals surface area contributed by atoms with Crippen molar-refractivity contribution >= 4 is 27.6 Å². The number of rotatable bonds is 6. The fourth-order valence-electron chi connectivity index (χ4n) is 3.86. The molecule has 0 spiro atoms. The number of hydrogen-bond acceptors (Lipinski definition) is 6. The molecule has 0 atom stereocenters. The van der Waals surface area contributed by atoms with Gasteiger partial charge in [-0.1, -0.05) is 29.8 Å². The Kier molecular flexibility index (Phi) is 6.68. The first-order valence-electron chi connectivity index (χ1n) is 11.2. The van der Waals surface area contributed by atoms with Gasteiger partial charge >= 0.3 is 0 Å². The standard InChI is InChI=1S/C26H23ClN4O3S/c27-21-8-12-24(13-9-21)35(32,33)31-18-16-30(17-19-31)26-28-15-14-25(29-26)20-6-10-23(11-7-20)34-22-4-2-1-3-5-22/h1-15H,16-19H2. The van der Waals surface area contributed by atoms with Crippen LogP contribution >= 0.6 is 11.6 Å². The second-order valence-corrected chi connectivity index (χ2v) is 10.4. The van der Waals surface area contributed by atoms with Crippen LogP contribution in [0.15, 0.2) is 96.0 Å². The molecule has 35 heavy (non-hydrogen) atoms. The van der Waals surface area contributed by atoms with Gasteiger partial charge in [0.15, 0.2) is 0 Å². The zero-order valence-electron chi connectivity index (χ0n) is 18.8. The number of anilines is 1. The monoisotopic (exact) mass is 506 g/mol. The predicted octanol–water partition coefficient (Wildman–Crippen LogP) is 5.10. The largest absolute Gasteiger partial charge is 0.457 e. The van der Waals surface area contributed by atoms with Gasteiger partial charge in [-0.2, -0.15) is 4.31 Å². The zero-order chi connectivity index (χ0) is 24.3. The van der Waals surface area contributed by atoms with Crippen molar-refractivity contribution in [2.45, 2.75) is 4.90 Å². The molecule has 0 N–H and O–H groups in total. The molecule has 0 saturated carbocycles. The minimum Gasteiger partial charge on any atom is -0.457 e. The highest BCUT2D eigenvalue weighted by atomic mass is 35.5. The number of aromatic nitrogens is 2. The number of nitrogens with zero attached hydrogens (tertiary/aromatic N) is 4. The minimum absolute atomic E-state index is 0.244. The Hall–Kier alpha value is -3.46. The van der Waals surface area contributed by atoms with E-state index >= 15 is 0 Å². The van der Waals surface area contributed by atoms with E-state index in [1.165, 1.54) is 16.4 Å². The summed E-state index contributed by atoms with van der Waals surface area (Å²) in [6.45, 7) is 1.70. The normalized spacial score (nSPS) is 14.6. The summed E-state index contributed by atoms with van der Waals surface area (Å²) in [7, 11) is -3.57. The van der Waals surface area contributed by atoms with Gasteiger partial charge in [-0.25, -0.2) is 18.4 Å². The fraction of sp³-hybridized carbons (Fsp3) is 0.154. The zero-order valence-corrected chi connectivity index (χ0v) is 20.4. The van der Waals surface area contributed by atoms with Crippen LogP contribution in [0.25, 0.3) is 11.3 Å². The Morgan fingerprint density at radius 3 is 2.11 bits per heavy atom. The first kappa shape index (κ1) is 23.3. The van der Waals surface area contributed by atoms with E-state index in [2.05, 4.69) is 4.98 Å². The van der Waals surface area contributed by atoms with Gasteiger partial charge in [0, 0.05) is 43.0 Å². The summed E-state index contributed by atoms with van der Waals surface area (Å²) in [5.41, 5.74) is 1.73. The lowest BCUT2D eigenvalue weighted by molar-refractivity contribution is 0.382. The average Bonchev–Trinajstić information content (AvgIpc) is 2.90. The molecule has 0 unspecified atom stereocenters. The highest BCUT2D eigenvalue weighted by Crippen LogP contribution is 2.26. The van der Waals surface area contributed by atoms with E-state index in [0.717, 1.165) is 22.8 Å². The van der Waals surface area contributed by atoms with Gasteiger partial charge in [0.2, 0.25) is 16.0 Å². The number of sulfonamides is 1. The first-order valence-corrected chi connectivity index (χ1v) is 13.0. The highest BCUT2D eigenvalue weighted by molar-refractivity contribution is 7.89. The molecule has 0 amide bonds. The molecule has 178 valence electrons. The van der Waals surface area contributed by atoms with Gasteiger partial charge in [-0.15, -0.1) is 0 Å². The van der Waals surface area contributed by atoms with E-state index in [4.69, 9.17) is 21.3 Å². The van der Waals surface area contributed by atoms with E-state index < -0.39 is 10.0 Å². The van der Waals surface area contributed by atoms with Crippen molar-refractivity contribution in [2.24, 2.45) is 0 Å². The number of para-hydroxylation sites is 1. The second kappa shape index (κ2) is 10.0. The van der Waals surface area contributed by atoms with Crippen LogP contribution in [-0.2, 0) is 10.0 Å². The summed E-state index contributed by atoms with van der Waals surface area (Å²) >= 11 is 5.90. The van der Waals surface area contributed by atoms with Crippen LogP contribution in [0, 0.1) is 0 Å². The van der Waals surface area contributed by atoms with Crippen LogP contribution in [0.3, 0.4) is 0 Å². The molecule has 1 aliphatic heterocycles. The summed E-state index contributed by atoms with van der Waals surface area (Å²) in [6, 6.07) is 25.5. The Morgan fingerprint density at radius 2 is 1.43 bits per heavy atom. The van der Waals surface area contributed by atoms with Crippen LogP contribution in [0.5, 0.6) is 11.5 Å². The first-order chi connectivity index (χ1) is 17.0. The Balaban J connectivity index is 1.25. The van der Waals surface area contributed by atoms with Crippen molar-refractivity contribution < 1.29 is 13.2 Å². The molecule has 1 fully saturated rings. The summed E-state index contributed by atoms with van der Waals surface area (Å²) < 4.78 is 33.2. The van der Waals surface area contributed by atoms with E-state index in [-0.39, 0.29) is 4.90 Å². The van der Waals surface area contributed by atoms with Crippen molar-refractivity contribution in [2.75, 3.05) is 31.1 Å². The summed E-state index contributed by atoms with van der Waals surface area (Å²) in [5.74, 6) is 2.10. The lowest BCUT2D eigenvalue weighted by Gasteiger charge is -2.34.